The Labute approximate surface area is 97.5 Å². The van der Waals surface area contributed by atoms with Gasteiger partial charge in [0.1, 0.15) is 12.4 Å². The number of rotatable bonds is 8. The van der Waals surface area contributed by atoms with Gasteiger partial charge in [0.2, 0.25) is 0 Å². The topological polar surface area (TPSA) is 34.4 Å². The first-order valence-corrected chi connectivity index (χ1v) is 5.71. The molecule has 0 saturated carbocycles. The molecule has 1 N–H and O–H groups in total. The standard InChI is InChI=1S/C13H21NO2/c1-4-14-8-12-7-13(16-9-12)10-15-6-5-11(2)3/h7,9,14H,2,4-6,8,10H2,1,3H3. The van der Waals surface area contributed by atoms with E-state index in [1.807, 2.05) is 13.0 Å². The molecular weight excluding hydrogens is 202 g/mol. The summed E-state index contributed by atoms with van der Waals surface area (Å²) in [6.45, 7) is 11.0. The maximum Gasteiger partial charge on any atom is 0.129 e. The van der Waals surface area contributed by atoms with Crippen LogP contribution in [0.4, 0.5) is 0 Å². The molecule has 0 radical (unpaired) electrons. The third kappa shape index (κ3) is 5.14. The molecule has 3 nitrogen and oxygen atoms in total. The summed E-state index contributed by atoms with van der Waals surface area (Å²) in [6.07, 6.45) is 2.69. The molecule has 16 heavy (non-hydrogen) atoms. The van der Waals surface area contributed by atoms with E-state index < -0.39 is 0 Å². The molecule has 0 fully saturated rings. The van der Waals surface area contributed by atoms with Crippen molar-refractivity contribution in [1.29, 1.82) is 0 Å². The Morgan fingerprint density at radius 3 is 3.06 bits per heavy atom. The lowest BCUT2D eigenvalue weighted by Gasteiger charge is -2.00. The number of hydrogen-bond donors (Lipinski definition) is 1. The minimum Gasteiger partial charge on any atom is -0.467 e. The summed E-state index contributed by atoms with van der Waals surface area (Å²) in [4.78, 5) is 0. The Balaban J connectivity index is 2.21. The van der Waals surface area contributed by atoms with Gasteiger partial charge in [0.25, 0.3) is 0 Å². The molecular formula is C13H21NO2. The molecule has 1 heterocycles. The lowest BCUT2D eigenvalue weighted by Crippen LogP contribution is -2.10. The number of hydrogen-bond acceptors (Lipinski definition) is 3. The Morgan fingerprint density at radius 1 is 1.56 bits per heavy atom. The van der Waals surface area contributed by atoms with E-state index in [2.05, 4.69) is 18.8 Å². The first-order valence-electron chi connectivity index (χ1n) is 5.71. The zero-order chi connectivity index (χ0) is 11.8. The first kappa shape index (κ1) is 13.0. The normalized spacial score (nSPS) is 10.6. The van der Waals surface area contributed by atoms with Gasteiger partial charge < -0.3 is 14.5 Å². The Morgan fingerprint density at radius 2 is 2.38 bits per heavy atom. The Kier molecular flexibility index (Phi) is 5.90. The molecule has 1 rings (SSSR count). The molecule has 90 valence electrons. The molecule has 0 aliphatic rings. The average Bonchev–Trinajstić information content (AvgIpc) is 2.69. The maximum atomic E-state index is 5.47. The van der Waals surface area contributed by atoms with E-state index in [9.17, 15) is 0 Å². The summed E-state index contributed by atoms with van der Waals surface area (Å²) in [5, 5.41) is 3.25. The molecule has 1 aromatic heterocycles. The highest BCUT2D eigenvalue weighted by molar-refractivity contribution is 5.11. The van der Waals surface area contributed by atoms with E-state index in [0.717, 1.165) is 30.8 Å². The van der Waals surface area contributed by atoms with Crippen LogP contribution in [0.5, 0.6) is 0 Å². The summed E-state index contributed by atoms with van der Waals surface area (Å²) < 4.78 is 10.9. The van der Waals surface area contributed by atoms with Crippen LogP contribution < -0.4 is 5.32 Å². The van der Waals surface area contributed by atoms with E-state index in [4.69, 9.17) is 9.15 Å². The summed E-state index contributed by atoms with van der Waals surface area (Å²) in [5.41, 5.74) is 2.31. The van der Waals surface area contributed by atoms with Crippen LogP contribution in [0.1, 0.15) is 31.6 Å². The molecule has 0 bridgehead atoms. The lowest BCUT2D eigenvalue weighted by molar-refractivity contribution is 0.109. The van der Waals surface area contributed by atoms with Crippen molar-refractivity contribution in [2.75, 3.05) is 13.2 Å². The van der Waals surface area contributed by atoms with E-state index >= 15 is 0 Å². The molecule has 0 aromatic carbocycles. The third-order valence-electron chi connectivity index (χ3n) is 2.20. The van der Waals surface area contributed by atoms with Gasteiger partial charge in [-0.2, -0.15) is 0 Å². The second-order valence-corrected chi connectivity index (χ2v) is 3.96. The van der Waals surface area contributed by atoms with Gasteiger partial charge in [0.15, 0.2) is 0 Å². The predicted molar refractivity (Wildman–Crippen MR) is 65.2 cm³/mol. The van der Waals surface area contributed by atoms with Crippen LogP contribution in [0.15, 0.2) is 28.9 Å². The van der Waals surface area contributed by atoms with Crippen LogP contribution in [-0.2, 0) is 17.9 Å². The summed E-state index contributed by atoms with van der Waals surface area (Å²) in [7, 11) is 0. The van der Waals surface area contributed by atoms with Gasteiger partial charge >= 0.3 is 0 Å². The van der Waals surface area contributed by atoms with Crippen LogP contribution in [0.25, 0.3) is 0 Å². The molecule has 0 amide bonds. The summed E-state index contributed by atoms with van der Waals surface area (Å²) >= 11 is 0. The lowest BCUT2D eigenvalue weighted by atomic mass is 10.3. The van der Waals surface area contributed by atoms with E-state index in [1.54, 1.807) is 6.26 Å². The van der Waals surface area contributed by atoms with Gasteiger partial charge in [-0.25, -0.2) is 0 Å². The monoisotopic (exact) mass is 223 g/mol. The smallest absolute Gasteiger partial charge is 0.129 e. The maximum absolute atomic E-state index is 5.47. The SMILES string of the molecule is C=C(C)CCOCc1cc(CNCC)co1. The average molecular weight is 223 g/mol. The van der Waals surface area contributed by atoms with Gasteiger partial charge in [-0.15, -0.1) is 6.58 Å². The fraction of sp³-hybridized carbons (Fsp3) is 0.538. The number of furan rings is 1. The molecule has 0 aliphatic heterocycles. The largest absolute Gasteiger partial charge is 0.467 e. The summed E-state index contributed by atoms with van der Waals surface area (Å²) in [5.74, 6) is 0.884. The zero-order valence-corrected chi connectivity index (χ0v) is 10.2. The van der Waals surface area contributed by atoms with Gasteiger partial charge in [-0.3, -0.25) is 0 Å². The van der Waals surface area contributed by atoms with Crippen LogP contribution in [-0.4, -0.2) is 13.2 Å². The molecule has 0 saturated heterocycles. The molecule has 3 heteroatoms. The first-order chi connectivity index (χ1) is 7.72. The van der Waals surface area contributed by atoms with Crippen molar-refractivity contribution < 1.29 is 9.15 Å². The van der Waals surface area contributed by atoms with Crippen molar-refractivity contribution in [3.63, 3.8) is 0 Å². The minimum atomic E-state index is 0.541. The van der Waals surface area contributed by atoms with Crippen LogP contribution in [0, 0.1) is 0 Å². The van der Waals surface area contributed by atoms with Crippen molar-refractivity contribution in [3.8, 4) is 0 Å². The summed E-state index contributed by atoms with van der Waals surface area (Å²) in [6, 6.07) is 2.03. The van der Waals surface area contributed by atoms with Gasteiger partial charge in [0, 0.05) is 12.1 Å². The van der Waals surface area contributed by atoms with Crippen LogP contribution >= 0.6 is 0 Å². The Hall–Kier alpha value is -1.06. The van der Waals surface area contributed by atoms with Crippen LogP contribution in [0.2, 0.25) is 0 Å². The fourth-order valence-corrected chi connectivity index (χ4v) is 1.28. The predicted octanol–water partition coefficient (Wildman–Crippen LogP) is 2.87. The highest BCUT2D eigenvalue weighted by atomic mass is 16.5. The molecule has 0 aliphatic carbocycles. The third-order valence-corrected chi connectivity index (χ3v) is 2.20. The van der Waals surface area contributed by atoms with E-state index in [1.165, 1.54) is 5.56 Å². The minimum absolute atomic E-state index is 0.541. The van der Waals surface area contributed by atoms with E-state index in [-0.39, 0.29) is 0 Å². The highest BCUT2D eigenvalue weighted by Gasteiger charge is 2.01. The van der Waals surface area contributed by atoms with Gasteiger partial charge in [0.05, 0.1) is 12.9 Å². The van der Waals surface area contributed by atoms with Crippen molar-refractivity contribution >= 4 is 0 Å². The zero-order valence-electron chi connectivity index (χ0n) is 10.2. The van der Waals surface area contributed by atoms with Crippen molar-refractivity contribution in [2.24, 2.45) is 0 Å². The molecule has 0 spiro atoms. The molecule has 0 atom stereocenters. The molecule has 1 aromatic rings. The van der Waals surface area contributed by atoms with Crippen molar-refractivity contribution in [2.45, 2.75) is 33.4 Å². The molecule has 0 unspecified atom stereocenters. The van der Waals surface area contributed by atoms with E-state index in [0.29, 0.717) is 13.2 Å². The fourth-order valence-electron chi connectivity index (χ4n) is 1.28. The Bertz CT molecular complexity index is 317. The second-order valence-electron chi connectivity index (χ2n) is 3.96. The number of nitrogens with one attached hydrogen (secondary N) is 1. The number of ether oxygens (including phenoxy) is 1. The second kappa shape index (κ2) is 7.25. The highest BCUT2D eigenvalue weighted by Crippen LogP contribution is 2.09. The van der Waals surface area contributed by atoms with Gasteiger partial charge in [-0.1, -0.05) is 12.5 Å². The van der Waals surface area contributed by atoms with Crippen molar-refractivity contribution in [3.05, 3.63) is 35.8 Å². The van der Waals surface area contributed by atoms with Gasteiger partial charge in [-0.05, 0) is 26.0 Å². The quantitative estimate of drug-likeness (QED) is 0.543. The van der Waals surface area contributed by atoms with Crippen LogP contribution in [0.3, 0.4) is 0 Å². The van der Waals surface area contributed by atoms with Crippen molar-refractivity contribution in [1.82, 2.24) is 5.32 Å².